The van der Waals surface area contributed by atoms with Gasteiger partial charge < -0.3 is 4.74 Å². The van der Waals surface area contributed by atoms with Crippen molar-refractivity contribution in [2.75, 3.05) is 6.61 Å². The van der Waals surface area contributed by atoms with Crippen LogP contribution in [0.25, 0.3) is 0 Å². The maximum atomic E-state index is 5.19. The Balaban J connectivity index is 2.75. The van der Waals surface area contributed by atoms with Crippen molar-refractivity contribution in [2.24, 2.45) is 0 Å². The van der Waals surface area contributed by atoms with E-state index < -0.39 is 0 Å². The van der Waals surface area contributed by atoms with Gasteiger partial charge in [0.05, 0.1) is 6.61 Å². The average Bonchev–Trinajstić information content (AvgIpc) is 2.07. The molecule has 0 saturated carbocycles. The van der Waals surface area contributed by atoms with Crippen molar-refractivity contribution in [3.05, 3.63) is 39.6 Å². The number of halogens is 2. The van der Waals surface area contributed by atoms with Crippen LogP contribution in [0, 0.1) is 6.92 Å². The number of hydrogen-bond acceptors (Lipinski definition) is 1. The third-order valence-corrected chi connectivity index (χ3v) is 2.68. The Hall–Kier alpha value is 0.140. The van der Waals surface area contributed by atoms with E-state index in [1.54, 1.807) is 0 Å². The molecule has 0 amide bonds. The molecule has 0 unspecified atom stereocenters. The highest BCUT2D eigenvalue weighted by molar-refractivity contribution is 9.11. The summed E-state index contributed by atoms with van der Waals surface area (Å²) >= 11 is 6.84. The van der Waals surface area contributed by atoms with Gasteiger partial charge in [0.25, 0.3) is 0 Å². The van der Waals surface area contributed by atoms with Crippen molar-refractivity contribution >= 4 is 31.9 Å². The van der Waals surface area contributed by atoms with Gasteiger partial charge in [-0.15, -0.1) is 0 Å². The van der Waals surface area contributed by atoms with Gasteiger partial charge in [0.2, 0.25) is 0 Å². The quantitative estimate of drug-likeness (QED) is 0.828. The van der Waals surface area contributed by atoms with Gasteiger partial charge in [-0.3, -0.25) is 0 Å². The van der Waals surface area contributed by atoms with Crippen molar-refractivity contribution in [2.45, 2.75) is 6.61 Å². The second-order valence-electron chi connectivity index (χ2n) is 2.29. The molecule has 0 aromatic heterocycles. The molecule has 1 aromatic rings. The van der Waals surface area contributed by atoms with Crippen molar-refractivity contribution in [3.63, 3.8) is 0 Å². The van der Waals surface area contributed by atoms with Gasteiger partial charge in [0.1, 0.15) is 0 Å². The lowest BCUT2D eigenvalue weighted by molar-refractivity contribution is 0.147. The molecule has 0 fully saturated rings. The lowest BCUT2D eigenvalue weighted by atomic mass is 10.2. The van der Waals surface area contributed by atoms with Crippen LogP contribution >= 0.6 is 31.9 Å². The summed E-state index contributed by atoms with van der Waals surface area (Å²) in [6.45, 7) is 4.70. The second-order valence-corrected chi connectivity index (χ2v) is 4.06. The Morgan fingerprint density at radius 2 is 2.08 bits per heavy atom. The minimum Gasteiger partial charge on any atom is -0.377 e. The summed E-state index contributed by atoms with van der Waals surface area (Å²) in [5, 5.41) is 0. The van der Waals surface area contributed by atoms with Gasteiger partial charge in [-0.2, -0.15) is 0 Å². The van der Waals surface area contributed by atoms with E-state index in [9.17, 15) is 0 Å². The van der Waals surface area contributed by atoms with E-state index in [1.165, 1.54) is 0 Å². The van der Waals surface area contributed by atoms with Crippen LogP contribution in [-0.4, -0.2) is 6.61 Å². The number of ether oxygens (including phenoxy) is 1. The molecule has 1 rings (SSSR count). The number of rotatable bonds is 3. The number of benzene rings is 1. The first-order chi connectivity index (χ1) is 5.74. The van der Waals surface area contributed by atoms with Crippen molar-refractivity contribution in [3.8, 4) is 0 Å². The van der Waals surface area contributed by atoms with E-state index in [1.807, 2.05) is 18.2 Å². The Kier molecular flexibility index (Phi) is 4.26. The van der Waals surface area contributed by atoms with E-state index in [0.29, 0.717) is 13.2 Å². The SMILES string of the molecule is [CH2]COCc1cc(Br)ccc1Br. The summed E-state index contributed by atoms with van der Waals surface area (Å²) in [6.07, 6.45) is 0. The third kappa shape index (κ3) is 2.88. The molecule has 0 bridgehead atoms. The molecule has 0 aliphatic rings. The topological polar surface area (TPSA) is 9.23 Å². The summed E-state index contributed by atoms with van der Waals surface area (Å²) in [5.41, 5.74) is 1.13. The highest BCUT2D eigenvalue weighted by Crippen LogP contribution is 2.21. The lowest BCUT2D eigenvalue weighted by Crippen LogP contribution is -1.92. The molecule has 12 heavy (non-hydrogen) atoms. The van der Waals surface area contributed by atoms with Crippen LogP contribution in [-0.2, 0) is 11.3 Å². The fourth-order valence-corrected chi connectivity index (χ4v) is 1.61. The molecule has 0 saturated heterocycles. The van der Waals surface area contributed by atoms with Crippen molar-refractivity contribution in [1.29, 1.82) is 0 Å². The van der Waals surface area contributed by atoms with Gasteiger partial charge in [-0.05, 0) is 30.7 Å². The molecule has 1 aromatic carbocycles. The van der Waals surface area contributed by atoms with Crippen molar-refractivity contribution in [1.82, 2.24) is 0 Å². The third-order valence-electron chi connectivity index (χ3n) is 1.41. The first-order valence-electron chi connectivity index (χ1n) is 3.55. The minimum absolute atomic E-state index is 0.499. The lowest BCUT2D eigenvalue weighted by Gasteiger charge is -2.04. The van der Waals surface area contributed by atoms with Gasteiger partial charge in [-0.25, -0.2) is 0 Å². The normalized spacial score (nSPS) is 10.2. The first-order valence-corrected chi connectivity index (χ1v) is 5.13. The van der Waals surface area contributed by atoms with Crippen LogP contribution in [0.1, 0.15) is 5.56 Å². The van der Waals surface area contributed by atoms with Crippen molar-refractivity contribution < 1.29 is 4.74 Å². The Labute approximate surface area is 89.4 Å². The molecule has 1 radical (unpaired) electrons. The molecule has 0 N–H and O–H groups in total. The van der Waals surface area contributed by atoms with E-state index in [4.69, 9.17) is 4.74 Å². The van der Waals surface area contributed by atoms with Gasteiger partial charge in [-0.1, -0.05) is 31.9 Å². The molecular formula is C9H9Br2O. The van der Waals surface area contributed by atoms with Gasteiger partial charge in [0, 0.05) is 15.6 Å². The smallest absolute Gasteiger partial charge is 0.0728 e. The molecular weight excluding hydrogens is 284 g/mol. The Bertz CT molecular complexity index is 261. The molecule has 0 heterocycles. The maximum Gasteiger partial charge on any atom is 0.0728 e. The van der Waals surface area contributed by atoms with Crippen LogP contribution in [0.4, 0.5) is 0 Å². The molecule has 0 aliphatic carbocycles. The minimum atomic E-state index is 0.499. The average molecular weight is 293 g/mol. The Morgan fingerprint density at radius 3 is 2.75 bits per heavy atom. The van der Waals surface area contributed by atoms with Crippen LogP contribution in [0.15, 0.2) is 27.1 Å². The zero-order valence-corrected chi connectivity index (χ0v) is 9.69. The largest absolute Gasteiger partial charge is 0.377 e. The zero-order valence-electron chi connectivity index (χ0n) is 6.52. The van der Waals surface area contributed by atoms with Crippen LogP contribution in [0.3, 0.4) is 0 Å². The fraction of sp³-hybridized carbons (Fsp3) is 0.222. The monoisotopic (exact) mass is 291 g/mol. The molecule has 0 spiro atoms. The van der Waals surface area contributed by atoms with Crippen LogP contribution < -0.4 is 0 Å². The zero-order chi connectivity index (χ0) is 8.97. The van der Waals surface area contributed by atoms with Gasteiger partial charge in [0.15, 0.2) is 0 Å². The van der Waals surface area contributed by atoms with Crippen LogP contribution in [0.5, 0.6) is 0 Å². The van der Waals surface area contributed by atoms with E-state index >= 15 is 0 Å². The highest BCUT2D eigenvalue weighted by Gasteiger charge is 1.99. The molecule has 0 atom stereocenters. The Morgan fingerprint density at radius 1 is 1.33 bits per heavy atom. The fourth-order valence-electron chi connectivity index (χ4n) is 0.836. The first kappa shape index (κ1) is 10.2. The van der Waals surface area contributed by atoms with E-state index in [0.717, 1.165) is 14.5 Å². The predicted octanol–water partition coefficient (Wildman–Crippen LogP) is 3.56. The predicted molar refractivity (Wildman–Crippen MR) is 56.9 cm³/mol. The van der Waals surface area contributed by atoms with Crippen LogP contribution in [0.2, 0.25) is 0 Å². The second kappa shape index (κ2) is 5.00. The standard InChI is InChI=1S/C9H9Br2O/c1-2-12-6-7-5-8(10)3-4-9(7)11/h3-5H,1-2,6H2. The number of hydrogen-bond donors (Lipinski definition) is 0. The molecule has 3 heteroatoms. The summed E-state index contributed by atoms with van der Waals surface area (Å²) in [6, 6.07) is 6.00. The summed E-state index contributed by atoms with van der Waals surface area (Å²) < 4.78 is 7.33. The molecule has 65 valence electrons. The van der Waals surface area contributed by atoms with E-state index in [2.05, 4.69) is 38.8 Å². The summed E-state index contributed by atoms with van der Waals surface area (Å²) in [7, 11) is 0. The molecule has 0 aliphatic heterocycles. The van der Waals surface area contributed by atoms with Gasteiger partial charge >= 0.3 is 0 Å². The molecule has 1 nitrogen and oxygen atoms in total. The maximum absolute atomic E-state index is 5.19. The summed E-state index contributed by atoms with van der Waals surface area (Å²) in [4.78, 5) is 0. The highest BCUT2D eigenvalue weighted by atomic mass is 79.9. The van der Waals surface area contributed by atoms with E-state index in [-0.39, 0.29) is 0 Å². The summed E-state index contributed by atoms with van der Waals surface area (Å²) in [5.74, 6) is 0.